The van der Waals surface area contributed by atoms with Crippen LogP contribution in [-0.4, -0.2) is 32.9 Å². The molecule has 0 aliphatic heterocycles. The molecule has 20 heavy (non-hydrogen) atoms. The molecule has 5 heteroatoms. The summed E-state index contributed by atoms with van der Waals surface area (Å²) in [4.78, 5) is 0.312. The minimum Gasteiger partial charge on any atom is -0.320 e. The van der Waals surface area contributed by atoms with Crippen molar-refractivity contribution in [3.8, 4) is 11.8 Å². The minimum atomic E-state index is -3.39. The van der Waals surface area contributed by atoms with Crippen LogP contribution in [0.3, 0.4) is 0 Å². The van der Waals surface area contributed by atoms with Crippen molar-refractivity contribution in [3.63, 3.8) is 0 Å². The maximum atomic E-state index is 12.4. The van der Waals surface area contributed by atoms with E-state index in [4.69, 9.17) is 5.73 Å². The zero-order chi connectivity index (χ0) is 14.8. The van der Waals surface area contributed by atoms with Crippen LogP contribution >= 0.6 is 0 Å². The van der Waals surface area contributed by atoms with E-state index in [0.717, 1.165) is 12.0 Å². The summed E-state index contributed by atoms with van der Waals surface area (Å²) in [5, 5.41) is 0. The van der Waals surface area contributed by atoms with Gasteiger partial charge >= 0.3 is 0 Å². The first-order chi connectivity index (χ1) is 9.45. The van der Waals surface area contributed by atoms with Gasteiger partial charge in [-0.25, -0.2) is 12.7 Å². The van der Waals surface area contributed by atoms with Crippen LogP contribution in [0.1, 0.15) is 18.9 Å². The predicted molar refractivity (Wildman–Crippen MR) is 79.5 cm³/mol. The average Bonchev–Trinajstić information content (AvgIpc) is 3.12. The maximum absolute atomic E-state index is 12.4. The number of sulfonamides is 1. The highest BCUT2D eigenvalue weighted by molar-refractivity contribution is 7.89. The Morgan fingerprint density at radius 3 is 2.45 bits per heavy atom. The molecule has 2 unspecified atom stereocenters. The van der Waals surface area contributed by atoms with Crippen LogP contribution in [-0.2, 0) is 10.0 Å². The number of benzene rings is 1. The second-order valence-electron chi connectivity index (χ2n) is 5.29. The van der Waals surface area contributed by atoms with E-state index in [1.54, 1.807) is 31.3 Å². The molecular formula is C15H20N2O2S. The molecule has 0 saturated heterocycles. The van der Waals surface area contributed by atoms with Crippen molar-refractivity contribution in [3.05, 3.63) is 29.8 Å². The maximum Gasteiger partial charge on any atom is 0.242 e. The molecule has 4 nitrogen and oxygen atoms in total. The van der Waals surface area contributed by atoms with Crippen molar-refractivity contribution in [2.24, 2.45) is 17.6 Å². The smallest absolute Gasteiger partial charge is 0.242 e. The van der Waals surface area contributed by atoms with E-state index in [-0.39, 0.29) is 0 Å². The Balaban J connectivity index is 2.12. The molecule has 0 radical (unpaired) electrons. The summed E-state index contributed by atoms with van der Waals surface area (Å²) in [6.07, 6.45) is 1.12. The molecule has 0 amide bonds. The fourth-order valence-corrected chi connectivity index (χ4v) is 3.35. The van der Waals surface area contributed by atoms with Gasteiger partial charge in [0.2, 0.25) is 10.0 Å². The highest BCUT2D eigenvalue weighted by Gasteiger charge is 2.36. The minimum absolute atomic E-state index is 0.294. The van der Waals surface area contributed by atoms with Crippen LogP contribution < -0.4 is 5.73 Å². The van der Waals surface area contributed by atoms with Crippen LogP contribution in [0, 0.1) is 23.7 Å². The van der Waals surface area contributed by atoms with Crippen molar-refractivity contribution in [2.75, 3.05) is 20.1 Å². The molecule has 1 aliphatic carbocycles. The molecule has 108 valence electrons. The standard InChI is InChI=1S/C15H20N2O2S/c1-12-10-14(12)11-17(2)20(18,19)15-7-5-13(6-8-15)4-3-9-16/h5-8,12,14H,9-11,16H2,1-2H3. The molecular weight excluding hydrogens is 272 g/mol. The number of hydrogen-bond acceptors (Lipinski definition) is 3. The van der Waals surface area contributed by atoms with Gasteiger partial charge in [-0.3, -0.25) is 0 Å². The molecule has 2 N–H and O–H groups in total. The lowest BCUT2D eigenvalue weighted by Gasteiger charge is -2.17. The lowest BCUT2D eigenvalue weighted by molar-refractivity contribution is 0.444. The van der Waals surface area contributed by atoms with E-state index in [1.807, 2.05) is 0 Å². The molecule has 1 saturated carbocycles. The quantitative estimate of drug-likeness (QED) is 0.850. The second kappa shape index (κ2) is 5.96. The lowest BCUT2D eigenvalue weighted by atomic mass is 10.2. The molecule has 1 aromatic carbocycles. The topological polar surface area (TPSA) is 63.4 Å². The van der Waals surface area contributed by atoms with Gasteiger partial charge in [-0.2, -0.15) is 0 Å². The van der Waals surface area contributed by atoms with Crippen molar-refractivity contribution in [2.45, 2.75) is 18.2 Å². The fraction of sp³-hybridized carbons (Fsp3) is 0.467. The molecule has 0 heterocycles. The largest absolute Gasteiger partial charge is 0.320 e. The van der Waals surface area contributed by atoms with Crippen molar-refractivity contribution in [1.82, 2.24) is 4.31 Å². The third-order valence-electron chi connectivity index (χ3n) is 3.67. The van der Waals surface area contributed by atoms with Crippen LogP contribution in [0.4, 0.5) is 0 Å². The van der Waals surface area contributed by atoms with Gasteiger partial charge in [0.05, 0.1) is 11.4 Å². The van der Waals surface area contributed by atoms with E-state index in [9.17, 15) is 8.42 Å². The Labute approximate surface area is 121 Å². The normalized spacial score (nSPS) is 21.4. The zero-order valence-electron chi connectivity index (χ0n) is 11.8. The van der Waals surface area contributed by atoms with E-state index >= 15 is 0 Å². The van der Waals surface area contributed by atoms with Crippen LogP contribution in [0.25, 0.3) is 0 Å². The summed E-state index contributed by atoms with van der Waals surface area (Å²) < 4.78 is 26.2. The van der Waals surface area contributed by atoms with Gasteiger partial charge in [-0.1, -0.05) is 18.8 Å². The summed E-state index contributed by atoms with van der Waals surface area (Å²) in [7, 11) is -1.75. The van der Waals surface area contributed by atoms with Gasteiger partial charge in [0.15, 0.2) is 0 Å². The third kappa shape index (κ3) is 3.40. The summed E-state index contributed by atoms with van der Waals surface area (Å²) in [5.74, 6) is 6.76. The third-order valence-corrected chi connectivity index (χ3v) is 5.50. The Bertz CT molecular complexity index is 626. The molecule has 1 aromatic rings. The Kier molecular flexibility index (Phi) is 4.48. The average molecular weight is 292 g/mol. The molecule has 1 fully saturated rings. The van der Waals surface area contributed by atoms with E-state index in [0.29, 0.717) is 29.8 Å². The van der Waals surface area contributed by atoms with Crippen LogP contribution in [0.2, 0.25) is 0 Å². The monoisotopic (exact) mass is 292 g/mol. The Morgan fingerprint density at radius 1 is 1.35 bits per heavy atom. The van der Waals surface area contributed by atoms with E-state index in [1.165, 1.54) is 4.31 Å². The van der Waals surface area contributed by atoms with Gasteiger partial charge in [0, 0.05) is 19.2 Å². The molecule has 0 aromatic heterocycles. The zero-order valence-corrected chi connectivity index (χ0v) is 12.7. The highest BCUT2D eigenvalue weighted by atomic mass is 32.2. The highest BCUT2D eigenvalue weighted by Crippen LogP contribution is 2.38. The Morgan fingerprint density at radius 2 is 1.95 bits per heavy atom. The van der Waals surface area contributed by atoms with Gasteiger partial charge in [0.25, 0.3) is 0 Å². The van der Waals surface area contributed by atoms with Crippen LogP contribution in [0.15, 0.2) is 29.2 Å². The Hall–Kier alpha value is -1.35. The summed E-state index contributed by atoms with van der Waals surface area (Å²) >= 11 is 0. The summed E-state index contributed by atoms with van der Waals surface area (Å²) in [6.45, 7) is 3.04. The van der Waals surface area contributed by atoms with Crippen molar-refractivity contribution in [1.29, 1.82) is 0 Å². The number of hydrogen-bond donors (Lipinski definition) is 1. The van der Waals surface area contributed by atoms with Crippen molar-refractivity contribution < 1.29 is 8.42 Å². The molecule has 2 atom stereocenters. The first-order valence-electron chi connectivity index (χ1n) is 6.70. The number of nitrogens with zero attached hydrogens (tertiary/aromatic N) is 1. The number of rotatable bonds is 4. The summed E-state index contributed by atoms with van der Waals surface area (Å²) in [5.41, 5.74) is 6.07. The van der Waals surface area contributed by atoms with Gasteiger partial charge < -0.3 is 5.73 Å². The first-order valence-corrected chi connectivity index (χ1v) is 8.14. The van der Waals surface area contributed by atoms with Gasteiger partial charge in [0.1, 0.15) is 0 Å². The first kappa shape index (κ1) is 15.0. The summed E-state index contributed by atoms with van der Waals surface area (Å²) in [6, 6.07) is 6.62. The predicted octanol–water partition coefficient (Wildman–Crippen LogP) is 1.27. The number of nitrogens with two attached hydrogens (primary N) is 1. The molecule has 1 aliphatic rings. The van der Waals surface area contributed by atoms with Gasteiger partial charge in [-0.05, 0) is 42.5 Å². The van der Waals surface area contributed by atoms with E-state index in [2.05, 4.69) is 18.8 Å². The molecule has 0 spiro atoms. The van der Waals surface area contributed by atoms with E-state index < -0.39 is 10.0 Å². The van der Waals surface area contributed by atoms with Crippen LogP contribution in [0.5, 0.6) is 0 Å². The lowest BCUT2D eigenvalue weighted by Crippen LogP contribution is -2.29. The molecule has 2 rings (SSSR count). The fourth-order valence-electron chi connectivity index (χ4n) is 2.13. The van der Waals surface area contributed by atoms with Crippen molar-refractivity contribution >= 4 is 10.0 Å². The second-order valence-corrected chi connectivity index (χ2v) is 7.33. The SMILES string of the molecule is CC1CC1CN(C)S(=O)(=O)c1ccc(C#CCN)cc1. The van der Waals surface area contributed by atoms with Gasteiger partial charge in [-0.15, -0.1) is 0 Å². The molecule has 0 bridgehead atoms.